The lowest BCUT2D eigenvalue weighted by molar-refractivity contribution is 0.238. The Morgan fingerprint density at radius 1 is 1.18 bits per heavy atom. The van der Waals surface area contributed by atoms with Gasteiger partial charge in [0.15, 0.2) is 0 Å². The number of rotatable bonds is 4. The van der Waals surface area contributed by atoms with Gasteiger partial charge in [0, 0.05) is 26.2 Å². The van der Waals surface area contributed by atoms with E-state index < -0.39 is 0 Å². The SMILES string of the molecule is Fc1ccc(F)c(CCCN2CCNCC2)c1. The zero-order valence-corrected chi connectivity index (χ0v) is 9.88. The van der Waals surface area contributed by atoms with E-state index in [4.69, 9.17) is 0 Å². The standard InChI is InChI=1S/C13H18F2N2/c14-12-3-4-13(15)11(10-12)2-1-7-17-8-5-16-6-9-17/h3-4,10,16H,1-2,5-9H2. The molecule has 0 saturated carbocycles. The summed E-state index contributed by atoms with van der Waals surface area (Å²) in [5.41, 5.74) is 0.486. The molecular formula is C13H18F2N2. The highest BCUT2D eigenvalue weighted by atomic mass is 19.1. The lowest BCUT2D eigenvalue weighted by atomic mass is 10.1. The molecule has 0 aliphatic carbocycles. The van der Waals surface area contributed by atoms with Crippen molar-refractivity contribution in [3.63, 3.8) is 0 Å². The van der Waals surface area contributed by atoms with Gasteiger partial charge >= 0.3 is 0 Å². The monoisotopic (exact) mass is 240 g/mol. The summed E-state index contributed by atoms with van der Waals surface area (Å²) < 4.78 is 26.3. The summed E-state index contributed by atoms with van der Waals surface area (Å²) in [6.07, 6.45) is 1.48. The fraction of sp³-hybridized carbons (Fsp3) is 0.538. The first kappa shape index (κ1) is 12.5. The molecule has 1 N–H and O–H groups in total. The second kappa shape index (κ2) is 6.07. The minimum Gasteiger partial charge on any atom is -0.314 e. The minimum absolute atomic E-state index is 0.299. The second-order valence-corrected chi connectivity index (χ2v) is 4.43. The molecule has 2 nitrogen and oxygen atoms in total. The van der Waals surface area contributed by atoms with E-state index in [1.165, 1.54) is 12.1 Å². The topological polar surface area (TPSA) is 15.3 Å². The van der Waals surface area contributed by atoms with Gasteiger partial charge in [0.1, 0.15) is 11.6 Å². The lowest BCUT2D eigenvalue weighted by Gasteiger charge is -2.27. The first-order valence-corrected chi connectivity index (χ1v) is 6.13. The highest BCUT2D eigenvalue weighted by molar-refractivity contribution is 5.18. The summed E-state index contributed by atoms with van der Waals surface area (Å²) in [6.45, 7) is 5.09. The van der Waals surface area contributed by atoms with Crippen LogP contribution in [0.4, 0.5) is 8.78 Å². The van der Waals surface area contributed by atoms with Gasteiger partial charge in [0.05, 0.1) is 0 Å². The van der Waals surface area contributed by atoms with Crippen LogP contribution in [0, 0.1) is 11.6 Å². The van der Waals surface area contributed by atoms with Crippen molar-refractivity contribution in [2.45, 2.75) is 12.8 Å². The van der Waals surface area contributed by atoms with Crippen LogP contribution in [0.1, 0.15) is 12.0 Å². The Balaban J connectivity index is 1.79. The molecule has 17 heavy (non-hydrogen) atoms. The number of aryl methyl sites for hydroxylation is 1. The largest absolute Gasteiger partial charge is 0.314 e. The fourth-order valence-corrected chi connectivity index (χ4v) is 2.16. The molecule has 0 unspecified atom stereocenters. The van der Waals surface area contributed by atoms with Gasteiger partial charge in [-0.15, -0.1) is 0 Å². The fourth-order valence-electron chi connectivity index (χ4n) is 2.16. The van der Waals surface area contributed by atoms with Crippen molar-refractivity contribution in [1.29, 1.82) is 0 Å². The minimum atomic E-state index is -0.358. The van der Waals surface area contributed by atoms with Crippen LogP contribution in [0.15, 0.2) is 18.2 Å². The third-order valence-corrected chi connectivity index (χ3v) is 3.14. The molecule has 94 valence electrons. The Kier molecular flexibility index (Phi) is 4.45. The van der Waals surface area contributed by atoms with Gasteiger partial charge in [0.2, 0.25) is 0 Å². The van der Waals surface area contributed by atoms with Crippen molar-refractivity contribution in [1.82, 2.24) is 10.2 Å². The van der Waals surface area contributed by atoms with Crippen LogP contribution < -0.4 is 5.32 Å². The quantitative estimate of drug-likeness (QED) is 0.863. The summed E-state index contributed by atoms with van der Waals surface area (Å²) in [4.78, 5) is 2.35. The third kappa shape index (κ3) is 3.75. The van der Waals surface area contributed by atoms with Gasteiger partial charge in [-0.3, -0.25) is 0 Å². The molecule has 1 fully saturated rings. The van der Waals surface area contributed by atoms with E-state index >= 15 is 0 Å². The first-order chi connectivity index (χ1) is 8.25. The number of halogens is 2. The van der Waals surface area contributed by atoms with Crippen LogP contribution in [0.2, 0.25) is 0 Å². The summed E-state index contributed by atoms with van der Waals surface area (Å²) in [7, 11) is 0. The molecule has 1 aliphatic rings. The molecule has 0 amide bonds. The molecular weight excluding hydrogens is 222 g/mol. The number of nitrogens with zero attached hydrogens (tertiary/aromatic N) is 1. The molecule has 0 radical (unpaired) electrons. The molecule has 4 heteroatoms. The van der Waals surface area contributed by atoms with E-state index in [-0.39, 0.29) is 11.6 Å². The summed E-state index contributed by atoms with van der Waals surface area (Å²) >= 11 is 0. The lowest BCUT2D eigenvalue weighted by Crippen LogP contribution is -2.43. The van der Waals surface area contributed by atoms with Crippen LogP contribution in [0.3, 0.4) is 0 Å². The molecule has 1 heterocycles. The van der Waals surface area contributed by atoms with Crippen molar-refractivity contribution in [2.75, 3.05) is 32.7 Å². The molecule has 0 atom stereocenters. The van der Waals surface area contributed by atoms with Crippen molar-refractivity contribution in [3.8, 4) is 0 Å². The Bertz CT molecular complexity index is 362. The van der Waals surface area contributed by atoms with E-state index in [1.54, 1.807) is 0 Å². The van der Waals surface area contributed by atoms with Crippen LogP contribution >= 0.6 is 0 Å². The summed E-state index contributed by atoms with van der Waals surface area (Å²) in [5, 5.41) is 3.29. The van der Waals surface area contributed by atoms with Gasteiger partial charge in [-0.2, -0.15) is 0 Å². The van der Waals surface area contributed by atoms with E-state index in [1.807, 2.05) is 0 Å². The average molecular weight is 240 g/mol. The number of piperazine rings is 1. The summed E-state index contributed by atoms with van der Waals surface area (Å²) in [5.74, 6) is -0.657. The molecule has 1 aliphatic heterocycles. The molecule has 1 aromatic carbocycles. The van der Waals surface area contributed by atoms with Gasteiger partial charge in [-0.1, -0.05) is 0 Å². The van der Waals surface area contributed by atoms with Gasteiger partial charge < -0.3 is 10.2 Å². The van der Waals surface area contributed by atoms with Gasteiger partial charge in [-0.05, 0) is 43.1 Å². The molecule has 1 aromatic rings. The highest BCUT2D eigenvalue weighted by Crippen LogP contribution is 2.12. The van der Waals surface area contributed by atoms with E-state index in [2.05, 4.69) is 10.2 Å². The average Bonchev–Trinajstić information content (AvgIpc) is 2.35. The van der Waals surface area contributed by atoms with Crippen LogP contribution in [-0.2, 0) is 6.42 Å². The highest BCUT2D eigenvalue weighted by Gasteiger charge is 2.09. The Morgan fingerprint density at radius 3 is 2.71 bits per heavy atom. The first-order valence-electron chi connectivity index (χ1n) is 6.13. The number of hydrogen-bond acceptors (Lipinski definition) is 2. The number of hydrogen-bond donors (Lipinski definition) is 1. The maximum Gasteiger partial charge on any atom is 0.126 e. The van der Waals surface area contributed by atoms with Gasteiger partial charge in [-0.25, -0.2) is 8.78 Å². The predicted octanol–water partition coefficient (Wildman–Crippen LogP) is 1.80. The second-order valence-electron chi connectivity index (χ2n) is 4.43. The van der Waals surface area contributed by atoms with Crippen LogP contribution in [0.5, 0.6) is 0 Å². The van der Waals surface area contributed by atoms with Crippen molar-refractivity contribution < 1.29 is 8.78 Å². The Hall–Kier alpha value is -1.00. The Morgan fingerprint density at radius 2 is 1.94 bits per heavy atom. The summed E-state index contributed by atoms with van der Waals surface area (Å²) in [6, 6.07) is 3.66. The van der Waals surface area contributed by atoms with Crippen LogP contribution in [-0.4, -0.2) is 37.6 Å². The van der Waals surface area contributed by atoms with E-state index in [0.29, 0.717) is 12.0 Å². The number of benzene rings is 1. The third-order valence-electron chi connectivity index (χ3n) is 3.14. The molecule has 0 bridgehead atoms. The molecule has 0 spiro atoms. The predicted molar refractivity (Wildman–Crippen MR) is 64.0 cm³/mol. The van der Waals surface area contributed by atoms with E-state index in [0.717, 1.165) is 45.2 Å². The number of nitrogens with one attached hydrogen (secondary N) is 1. The van der Waals surface area contributed by atoms with Crippen LogP contribution in [0.25, 0.3) is 0 Å². The maximum atomic E-state index is 13.3. The van der Waals surface area contributed by atoms with Crippen molar-refractivity contribution in [3.05, 3.63) is 35.4 Å². The Labute approximate surface area is 101 Å². The zero-order chi connectivity index (χ0) is 12.1. The normalized spacial score (nSPS) is 17.3. The van der Waals surface area contributed by atoms with E-state index in [9.17, 15) is 8.78 Å². The smallest absolute Gasteiger partial charge is 0.126 e. The molecule has 2 rings (SSSR count). The van der Waals surface area contributed by atoms with Gasteiger partial charge in [0.25, 0.3) is 0 Å². The maximum absolute atomic E-state index is 13.3. The van der Waals surface area contributed by atoms with Crippen molar-refractivity contribution >= 4 is 0 Å². The van der Waals surface area contributed by atoms with Crippen molar-refractivity contribution in [2.24, 2.45) is 0 Å². The molecule has 0 aromatic heterocycles. The zero-order valence-electron chi connectivity index (χ0n) is 9.88. The molecule has 1 saturated heterocycles.